The maximum Gasteiger partial charge on any atom is 0.513 e. The normalized spacial score (nSPS) is 11.1. The lowest BCUT2D eigenvalue weighted by Crippen LogP contribution is -2.27. The van der Waals surface area contributed by atoms with Gasteiger partial charge in [-0.25, -0.2) is 14.1 Å². The van der Waals surface area contributed by atoms with Crippen LogP contribution in [0.25, 0.3) is 5.52 Å². The summed E-state index contributed by atoms with van der Waals surface area (Å²) in [5.41, 5.74) is 0.399. The molecule has 2 aromatic rings. The number of carbonyl (C=O) groups excluding carboxylic acids is 2. The van der Waals surface area contributed by atoms with Crippen molar-refractivity contribution in [2.75, 3.05) is 11.9 Å². The quantitative estimate of drug-likeness (QED) is 0.873. The Kier molecular flexibility index (Phi) is 4.73. The SMILES string of the molecule is CCOC(=O)Oc1cnn2ccc(NC(=O)OC(C)(C)C)cc12. The van der Waals surface area contributed by atoms with Crippen molar-refractivity contribution < 1.29 is 23.8 Å². The monoisotopic (exact) mass is 321 g/mol. The Balaban J connectivity index is 2.17. The highest BCUT2D eigenvalue weighted by atomic mass is 16.7. The summed E-state index contributed by atoms with van der Waals surface area (Å²) >= 11 is 0. The van der Waals surface area contributed by atoms with Gasteiger partial charge in [0.15, 0.2) is 5.75 Å². The number of nitrogens with one attached hydrogen (secondary N) is 1. The fourth-order valence-corrected chi connectivity index (χ4v) is 1.77. The topological polar surface area (TPSA) is 91.2 Å². The Morgan fingerprint density at radius 2 is 2.09 bits per heavy atom. The van der Waals surface area contributed by atoms with Crippen molar-refractivity contribution in [1.29, 1.82) is 0 Å². The van der Waals surface area contributed by atoms with Crippen molar-refractivity contribution in [2.45, 2.75) is 33.3 Å². The fraction of sp³-hybridized carbons (Fsp3) is 0.400. The number of hydrogen-bond acceptors (Lipinski definition) is 6. The van der Waals surface area contributed by atoms with E-state index in [-0.39, 0.29) is 12.4 Å². The molecule has 0 aliphatic heterocycles. The second-order valence-electron chi connectivity index (χ2n) is 5.67. The summed E-state index contributed by atoms with van der Waals surface area (Å²) in [6, 6.07) is 3.27. The van der Waals surface area contributed by atoms with Gasteiger partial charge in [0, 0.05) is 11.9 Å². The first-order chi connectivity index (χ1) is 10.8. The lowest BCUT2D eigenvalue weighted by Gasteiger charge is -2.19. The van der Waals surface area contributed by atoms with Crippen LogP contribution in [0.15, 0.2) is 24.5 Å². The molecule has 0 bridgehead atoms. The van der Waals surface area contributed by atoms with Gasteiger partial charge in [-0.2, -0.15) is 5.10 Å². The molecule has 0 saturated carbocycles. The van der Waals surface area contributed by atoms with E-state index in [0.29, 0.717) is 11.2 Å². The zero-order valence-corrected chi connectivity index (χ0v) is 13.5. The molecule has 23 heavy (non-hydrogen) atoms. The number of fused-ring (bicyclic) bond motifs is 1. The molecule has 2 aromatic heterocycles. The van der Waals surface area contributed by atoms with Gasteiger partial charge in [-0.05, 0) is 39.8 Å². The number of carbonyl (C=O) groups is 2. The first-order valence-electron chi connectivity index (χ1n) is 7.10. The van der Waals surface area contributed by atoms with Crippen molar-refractivity contribution in [3.8, 4) is 5.75 Å². The molecule has 0 unspecified atom stereocenters. The average molecular weight is 321 g/mol. The fourth-order valence-electron chi connectivity index (χ4n) is 1.77. The standard InChI is InChI=1S/C15H19N3O5/c1-5-21-14(20)22-12-9-16-18-7-6-10(8-11(12)18)17-13(19)23-15(2,3)4/h6-9H,5H2,1-4H3,(H,17,19). The van der Waals surface area contributed by atoms with Gasteiger partial charge in [0.2, 0.25) is 0 Å². The third kappa shape index (κ3) is 4.60. The van der Waals surface area contributed by atoms with Crippen LogP contribution in [0, 0.1) is 0 Å². The number of rotatable bonds is 3. The number of anilines is 1. The van der Waals surface area contributed by atoms with E-state index in [9.17, 15) is 9.59 Å². The third-order valence-corrected chi connectivity index (χ3v) is 2.59. The van der Waals surface area contributed by atoms with Crippen LogP contribution in [0.5, 0.6) is 5.75 Å². The number of nitrogens with zero attached hydrogens (tertiary/aromatic N) is 2. The highest BCUT2D eigenvalue weighted by Crippen LogP contribution is 2.23. The van der Waals surface area contributed by atoms with E-state index in [0.717, 1.165) is 0 Å². The van der Waals surface area contributed by atoms with Crippen molar-refractivity contribution >= 4 is 23.5 Å². The van der Waals surface area contributed by atoms with Crippen molar-refractivity contribution in [3.63, 3.8) is 0 Å². The second-order valence-corrected chi connectivity index (χ2v) is 5.67. The molecule has 2 rings (SSSR count). The van der Waals surface area contributed by atoms with E-state index < -0.39 is 17.8 Å². The molecule has 0 atom stereocenters. The van der Waals surface area contributed by atoms with E-state index in [1.165, 1.54) is 10.7 Å². The van der Waals surface area contributed by atoms with E-state index in [1.54, 1.807) is 46.0 Å². The largest absolute Gasteiger partial charge is 0.513 e. The summed E-state index contributed by atoms with van der Waals surface area (Å²) in [4.78, 5) is 23.2. The molecule has 0 spiro atoms. The maximum atomic E-state index is 11.8. The van der Waals surface area contributed by atoms with Crippen LogP contribution in [0.2, 0.25) is 0 Å². The van der Waals surface area contributed by atoms with Gasteiger partial charge < -0.3 is 14.2 Å². The van der Waals surface area contributed by atoms with E-state index >= 15 is 0 Å². The summed E-state index contributed by atoms with van der Waals surface area (Å²) in [6.45, 7) is 7.22. The minimum absolute atomic E-state index is 0.212. The molecule has 1 N–H and O–H groups in total. The summed E-state index contributed by atoms with van der Waals surface area (Å²) in [5, 5.41) is 6.66. The molecular formula is C15H19N3O5. The molecule has 0 radical (unpaired) electrons. The number of pyridine rings is 1. The van der Waals surface area contributed by atoms with Gasteiger partial charge in [-0.1, -0.05) is 0 Å². The Labute approximate surface area is 133 Å². The highest BCUT2D eigenvalue weighted by molar-refractivity contribution is 5.86. The average Bonchev–Trinajstić information content (AvgIpc) is 2.79. The number of amides is 1. The molecule has 8 heteroatoms. The van der Waals surface area contributed by atoms with Gasteiger partial charge in [-0.15, -0.1) is 0 Å². The van der Waals surface area contributed by atoms with Gasteiger partial charge in [0.25, 0.3) is 0 Å². The summed E-state index contributed by atoms with van der Waals surface area (Å²) in [5.74, 6) is 0.233. The predicted octanol–water partition coefficient (Wildman–Crippen LogP) is 3.22. The summed E-state index contributed by atoms with van der Waals surface area (Å²) < 4.78 is 16.5. The first kappa shape index (κ1) is 16.6. The molecule has 0 saturated heterocycles. The molecular weight excluding hydrogens is 302 g/mol. The van der Waals surface area contributed by atoms with Crippen LogP contribution in [0.3, 0.4) is 0 Å². The van der Waals surface area contributed by atoms with Crippen LogP contribution < -0.4 is 10.1 Å². The lowest BCUT2D eigenvalue weighted by molar-refractivity contribution is 0.0635. The Morgan fingerprint density at radius 3 is 2.74 bits per heavy atom. The van der Waals surface area contributed by atoms with Crippen LogP contribution in [-0.4, -0.2) is 34.1 Å². The molecule has 8 nitrogen and oxygen atoms in total. The van der Waals surface area contributed by atoms with E-state index in [2.05, 4.69) is 10.4 Å². The molecule has 1 amide bonds. The van der Waals surface area contributed by atoms with Crippen LogP contribution in [-0.2, 0) is 9.47 Å². The molecule has 0 aliphatic carbocycles. The van der Waals surface area contributed by atoms with Crippen molar-refractivity contribution in [3.05, 3.63) is 24.5 Å². The zero-order chi connectivity index (χ0) is 17.0. The summed E-state index contributed by atoms with van der Waals surface area (Å²) in [6.07, 6.45) is 1.63. The minimum atomic E-state index is -0.812. The maximum absolute atomic E-state index is 11.8. The van der Waals surface area contributed by atoms with Gasteiger partial charge in [0.05, 0.1) is 12.8 Å². The molecule has 124 valence electrons. The molecule has 0 aromatic carbocycles. The van der Waals surface area contributed by atoms with Gasteiger partial charge >= 0.3 is 12.2 Å². The van der Waals surface area contributed by atoms with E-state index in [4.69, 9.17) is 14.2 Å². The van der Waals surface area contributed by atoms with Crippen LogP contribution in [0.4, 0.5) is 15.3 Å². The van der Waals surface area contributed by atoms with E-state index in [1.807, 2.05) is 0 Å². The Hall–Kier alpha value is -2.77. The van der Waals surface area contributed by atoms with Crippen molar-refractivity contribution in [2.24, 2.45) is 0 Å². The molecule has 0 aliphatic rings. The lowest BCUT2D eigenvalue weighted by atomic mass is 10.2. The number of ether oxygens (including phenoxy) is 3. The smallest absolute Gasteiger partial charge is 0.444 e. The Bertz CT molecular complexity index is 717. The summed E-state index contributed by atoms with van der Waals surface area (Å²) in [7, 11) is 0. The first-order valence-corrected chi connectivity index (χ1v) is 7.10. The van der Waals surface area contributed by atoms with Crippen molar-refractivity contribution in [1.82, 2.24) is 9.61 Å². The van der Waals surface area contributed by atoms with Gasteiger partial charge in [-0.3, -0.25) is 5.32 Å². The third-order valence-electron chi connectivity index (χ3n) is 2.59. The van der Waals surface area contributed by atoms with Crippen LogP contribution in [0.1, 0.15) is 27.7 Å². The van der Waals surface area contributed by atoms with Gasteiger partial charge in [0.1, 0.15) is 11.1 Å². The molecule has 0 fully saturated rings. The number of aromatic nitrogens is 2. The highest BCUT2D eigenvalue weighted by Gasteiger charge is 2.17. The second kappa shape index (κ2) is 6.55. The van der Waals surface area contributed by atoms with Crippen LogP contribution >= 0.6 is 0 Å². The predicted molar refractivity (Wildman–Crippen MR) is 82.7 cm³/mol. The number of hydrogen-bond donors (Lipinski definition) is 1. The zero-order valence-electron chi connectivity index (χ0n) is 13.5. The minimum Gasteiger partial charge on any atom is -0.444 e. The molecule has 2 heterocycles. The Morgan fingerprint density at radius 1 is 1.35 bits per heavy atom.